The summed E-state index contributed by atoms with van der Waals surface area (Å²) in [6.07, 6.45) is 0. The number of benzene rings is 1. The van der Waals surface area contributed by atoms with Gasteiger partial charge in [-0.2, -0.15) is 0 Å². The van der Waals surface area contributed by atoms with Crippen LogP contribution in [0.5, 0.6) is 0 Å². The van der Waals surface area contributed by atoms with E-state index in [-0.39, 0.29) is 0 Å². The molecule has 1 heterocycles. The average molecular weight is 217 g/mol. The van der Waals surface area contributed by atoms with Gasteiger partial charge in [0.05, 0.1) is 5.52 Å². The Morgan fingerprint density at radius 2 is 1.88 bits per heavy atom. The summed E-state index contributed by atoms with van der Waals surface area (Å²) < 4.78 is 0. The van der Waals surface area contributed by atoms with Crippen LogP contribution in [0.3, 0.4) is 0 Å². The van der Waals surface area contributed by atoms with Crippen molar-refractivity contribution in [2.75, 3.05) is 25.0 Å². The van der Waals surface area contributed by atoms with E-state index in [1.54, 1.807) is 0 Å². The van der Waals surface area contributed by atoms with E-state index in [2.05, 4.69) is 32.7 Å². The molecule has 2 aromatic rings. The van der Waals surface area contributed by atoms with E-state index in [0.29, 0.717) is 5.95 Å². The van der Waals surface area contributed by atoms with Crippen LogP contribution in [0.1, 0.15) is 6.92 Å². The van der Waals surface area contributed by atoms with Crippen molar-refractivity contribution < 1.29 is 0 Å². The van der Waals surface area contributed by atoms with E-state index in [9.17, 15) is 0 Å². The zero-order valence-electron chi connectivity index (χ0n) is 9.27. The molecular formula is C11H15N5. The molecule has 16 heavy (non-hydrogen) atoms. The van der Waals surface area contributed by atoms with Gasteiger partial charge in [-0.05, 0) is 18.7 Å². The smallest absolute Gasteiger partial charge is 0.243 e. The lowest BCUT2D eigenvalue weighted by molar-refractivity contribution is 0.735. The third kappa shape index (κ3) is 2.64. The van der Waals surface area contributed by atoms with E-state index < -0.39 is 0 Å². The average Bonchev–Trinajstić information content (AvgIpc) is 2.34. The van der Waals surface area contributed by atoms with Gasteiger partial charge >= 0.3 is 0 Å². The molecule has 0 unspecified atom stereocenters. The number of anilines is 1. The predicted octanol–water partition coefficient (Wildman–Crippen LogP) is 1.05. The molecule has 1 aromatic carbocycles. The number of fused-ring (bicyclic) bond motifs is 1. The van der Waals surface area contributed by atoms with Gasteiger partial charge in [0.15, 0.2) is 0 Å². The summed E-state index contributed by atoms with van der Waals surface area (Å²) in [7, 11) is 0. The molecular weight excluding hydrogens is 202 g/mol. The van der Waals surface area contributed by atoms with Crippen molar-refractivity contribution in [1.29, 1.82) is 0 Å². The highest BCUT2D eigenvalue weighted by molar-refractivity contribution is 5.73. The van der Waals surface area contributed by atoms with Crippen molar-refractivity contribution in [3.05, 3.63) is 24.3 Å². The van der Waals surface area contributed by atoms with Gasteiger partial charge < -0.3 is 10.6 Å². The first kappa shape index (κ1) is 10.8. The number of nitrogens with one attached hydrogen (secondary N) is 2. The number of hydrogen-bond donors (Lipinski definition) is 2. The Labute approximate surface area is 94.3 Å². The number of aromatic nitrogens is 3. The summed E-state index contributed by atoms with van der Waals surface area (Å²) in [4.78, 5) is 4.36. The summed E-state index contributed by atoms with van der Waals surface area (Å²) in [5.74, 6) is 0.580. The van der Waals surface area contributed by atoms with Crippen molar-refractivity contribution in [2.45, 2.75) is 6.92 Å². The van der Waals surface area contributed by atoms with E-state index in [4.69, 9.17) is 0 Å². The van der Waals surface area contributed by atoms with Gasteiger partial charge in [-0.1, -0.05) is 19.1 Å². The van der Waals surface area contributed by atoms with Crippen molar-refractivity contribution >= 4 is 17.0 Å². The standard InChI is InChI=1S/C11H15N5/c1-2-12-7-8-13-11-14-9-5-3-4-6-10(9)15-16-11/h3-6,12H,2,7-8H2,1H3,(H,13,14,16). The second-order valence-electron chi connectivity index (χ2n) is 3.40. The summed E-state index contributed by atoms with van der Waals surface area (Å²) in [6, 6.07) is 7.70. The molecule has 0 aliphatic carbocycles. The van der Waals surface area contributed by atoms with Crippen LogP contribution in [0.15, 0.2) is 24.3 Å². The van der Waals surface area contributed by atoms with Gasteiger partial charge in [0, 0.05) is 13.1 Å². The molecule has 0 saturated carbocycles. The first-order valence-electron chi connectivity index (χ1n) is 5.44. The largest absolute Gasteiger partial charge is 0.352 e. The van der Waals surface area contributed by atoms with Gasteiger partial charge in [0.25, 0.3) is 0 Å². The summed E-state index contributed by atoms with van der Waals surface area (Å²) in [6.45, 7) is 4.74. The van der Waals surface area contributed by atoms with Crippen LogP contribution < -0.4 is 10.6 Å². The van der Waals surface area contributed by atoms with Gasteiger partial charge in [-0.15, -0.1) is 10.2 Å². The Hall–Kier alpha value is -1.75. The second kappa shape index (κ2) is 5.37. The molecule has 2 N–H and O–H groups in total. The monoisotopic (exact) mass is 217 g/mol. The van der Waals surface area contributed by atoms with Crippen LogP contribution in [0.4, 0.5) is 5.95 Å². The van der Waals surface area contributed by atoms with Gasteiger partial charge in [-0.25, -0.2) is 4.98 Å². The summed E-state index contributed by atoms with van der Waals surface area (Å²) >= 11 is 0. The van der Waals surface area contributed by atoms with Crippen molar-refractivity contribution in [1.82, 2.24) is 20.5 Å². The van der Waals surface area contributed by atoms with Crippen molar-refractivity contribution in [2.24, 2.45) is 0 Å². The van der Waals surface area contributed by atoms with Crippen LogP contribution >= 0.6 is 0 Å². The Morgan fingerprint density at radius 1 is 1.06 bits per heavy atom. The first-order chi connectivity index (χ1) is 7.90. The third-order valence-corrected chi connectivity index (χ3v) is 2.20. The number of nitrogens with zero attached hydrogens (tertiary/aromatic N) is 3. The molecule has 0 radical (unpaired) electrons. The molecule has 0 saturated heterocycles. The molecule has 0 bridgehead atoms. The van der Waals surface area contributed by atoms with Crippen LogP contribution in [0.25, 0.3) is 11.0 Å². The third-order valence-electron chi connectivity index (χ3n) is 2.20. The number of likely N-dealkylation sites (N-methyl/N-ethyl adjacent to an activating group) is 1. The molecule has 0 amide bonds. The topological polar surface area (TPSA) is 62.7 Å². The lowest BCUT2D eigenvalue weighted by Crippen LogP contribution is -2.22. The summed E-state index contributed by atoms with van der Waals surface area (Å²) in [5, 5.41) is 14.4. The fourth-order valence-electron chi connectivity index (χ4n) is 1.40. The normalized spacial score (nSPS) is 10.6. The van der Waals surface area contributed by atoms with E-state index in [0.717, 1.165) is 30.7 Å². The van der Waals surface area contributed by atoms with Gasteiger partial charge in [0.2, 0.25) is 5.95 Å². The predicted molar refractivity (Wildman–Crippen MR) is 64.4 cm³/mol. The van der Waals surface area contributed by atoms with Crippen LogP contribution in [-0.4, -0.2) is 34.8 Å². The Balaban J connectivity index is 2.02. The lowest BCUT2D eigenvalue weighted by Gasteiger charge is -2.04. The SMILES string of the molecule is CCNCCNc1nnc2ccccc2n1. The lowest BCUT2D eigenvalue weighted by atomic mass is 10.3. The van der Waals surface area contributed by atoms with Crippen LogP contribution in [0, 0.1) is 0 Å². The molecule has 0 spiro atoms. The van der Waals surface area contributed by atoms with Crippen LogP contribution in [0.2, 0.25) is 0 Å². The Kier molecular flexibility index (Phi) is 3.61. The summed E-state index contributed by atoms with van der Waals surface area (Å²) in [5.41, 5.74) is 1.68. The quantitative estimate of drug-likeness (QED) is 0.733. The molecule has 5 heteroatoms. The maximum absolute atomic E-state index is 4.36. The van der Waals surface area contributed by atoms with Gasteiger partial charge in [0.1, 0.15) is 5.52 Å². The van der Waals surface area contributed by atoms with Gasteiger partial charge in [-0.3, -0.25) is 0 Å². The number of para-hydroxylation sites is 1. The highest BCUT2D eigenvalue weighted by Gasteiger charge is 1.99. The van der Waals surface area contributed by atoms with Crippen LogP contribution in [-0.2, 0) is 0 Å². The van der Waals surface area contributed by atoms with E-state index in [1.807, 2.05) is 24.3 Å². The fraction of sp³-hybridized carbons (Fsp3) is 0.364. The van der Waals surface area contributed by atoms with E-state index in [1.165, 1.54) is 0 Å². The number of rotatable bonds is 5. The molecule has 2 rings (SSSR count). The van der Waals surface area contributed by atoms with E-state index >= 15 is 0 Å². The Bertz CT molecular complexity index is 457. The minimum absolute atomic E-state index is 0.580. The molecule has 0 fully saturated rings. The zero-order valence-corrected chi connectivity index (χ0v) is 9.27. The highest BCUT2D eigenvalue weighted by Crippen LogP contribution is 2.08. The highest BCUT2D eigenvalue weighted by atomic mass is 15.2. The fourth-order valence-corrected chi connectivity index (χ4v) is 1.40. The van der Waals surface area contributed by atoms with Crippen molar-refractivity contribution in [3.8, 4) is 0 Å². The molecule has 0 aliphatic heterocycles. The molecule has 1 aromatic heterocycles. The maximum Gasteiger partial charge on any atom is 0.243 e. The van der Waals surface area contributed by atoms with Crippen molar-refractivity contribution in [3.63, 3.8) is 0 Å². The minimum atomic E-state index is 0.580. The maximum atomic E-state index is 4.36. The Morgan fingerprint density at radius 3 is 2.69 bits per heavy atom. The first-order valence-corrected chi connectivity index (χ1v) is 5.44. The molecule has 5 nitrogen and oxygen atoms in total. The minimum Gasteiger partial charge on any atom is -0.352 e. The molecule has 84 valence electrons. The number of hydrogen-bond acceptors (Lipinski definition) is 5. The molecule has 0 aliphatic rings. The zero-order chi connectivity index (χ0) is 11.2. The molecule has 0 atom stereocenters. The second-order valence-corrected chi connectivity index (χ2v) is 3.40.